The Morgan fingerprint density at radius 1 is 0.944 bits per heavy atom. The van der Waals surface area contributed by atoms with Gasteiger partial charge in [-0.25, -0.2) is 0 Å². The number of H-pyrrole nitrogens is 1. The van der Waals surface area contributed by atoms with Gasteiger partial charge in [0.05, 0.1) is 22.0 Å². The summed E-state index contributed by atoms with van der Waals surface area (Å²) in [4.78, 5) is 44.3. The third kappa shape index (κ3) is 4.17. The molecule has 7 nitrogen and oxygen atoms in total. The highest BCUT2D eigenvalue weighted by atomic mass is 79.9. The topological polar surface area (TPSA) is 85.5 Å². The van der Waals surface area contributed by atoms with E-state index in [-0.39, 0.29) is 27.9 Å². The number of amides is 3. The minimum atomic E-state index is -4.75. The Hall–Kier alpha value is -3.60. The molecule has 3 heterocycles. The molecule has 3 aromatic rings. The fraction of sp³-hybridized carbons (Fsp3) is 0.240. The van der Waals surface area contributed by atoms with Crippen LogP contribution in [0.25, 0.3) is 22.0 Å². The van der Waals surface area contributed by atoms with Crippen LogP contribution in [0.15, 0.2) is 48.7 Å². The van der Waals surface area contributed by atoms with Crippen LogP contribution >= 0.6 is 15.9 Å². The van der Waals surface area contributed by atoms with Crippen LogP contribution in [-0.4, -0.2) is 59.1 Å². The number of fused-ring (bicyclic) bond motifs is 1. The number of rotatable bonds is 4. The number of aromatic nitrogens is 1. The van der Waals surface area contributed by atoms with Crippen molar-refractivity contribution in [1.82, 2.24) is 15.2 Å². The van der Waals surface area contributed by atoms with Gasteiger partial charge < -0.3 is 14.8 Å². The number of carbonyl (C=O) groups is 3. The highest BCUT2D eigenvalue weighted by Gasteiger charge is 2.40. The molecule has 2 N–H and O–H groups in total. The van der Waals surface area contributed by atoms with E-state index in [2.05, 4.69) is 26.2 Å². The molecule has 2 aliphatic rings. The molecule has 2 aromatic carbocycles. The summed E-state index contributed by atoms with van der Waals surface area (Å²) in [5.74, 6) is -1.69. The van der Waals surface area contributed by atoms with E-state index >= 15 is 0 Å². The minimum absolute atomic E-state index is 0.0579. The number of imide groups is 1. The maximum absolute atomic E-state index is 14.1. The summed E-state index contributed by atoms with van der Waals surface area (Å²) in [5.41, 5.74) is -0.266. The maximum Gasteiger partial charge on any atom is 0.417 e. The van der Waals surface area contributed by atoms with Gasteiger partial charge in [0.2, 0.25) is 5.91 Å². The third-order valence-corrected chi connectivity index (χ3v) is 6.96. The van der Waals surface area contributed by atoms with Gasteiger partial charge in [-0.15, -0.1) is 0 Å². The van der Waals surface area contributed by atoms with E-state index in [1.54, 1.807) is 29.2 Å². The molecule has 1 aromatic heterocycles. The summed E-state index contributed by atoms with van der Waals surface area (Å²) in [7, 11) is 0. The zero-order valence-electron chi connectivity index (χ0n) is 18.8. The lowest BCUT2D eigenvalue weighted by Crippen LogP contribution is -2.49. The Bertz CT molecular complexity index is 1420. The van der Waals surface area contributed by atoms with Gasteiger partial charge in [0.25, 0.3) is 11.8 Å². The second-order valence-electron chi connectivity index (χ2n) is 8.51. The first-order valence-corrected chi connectivity index (χ1v) is 12.3. The number of alkyl halides is 4. The van der Waals surface area contributed by atoms with E-state index in [4.69, 9.17) is 0 Å². The van der Waals surface area contributed by atoms with Gasteiger partial charge in [-0.3, -0.25) is 19.7 Å². The minimum Gasteiger partial charge on any atom is -0.368 e. The van der Waals surface area contributed by atoms with Gasteiger partial charge in [0, 0.05) is 60.1 Å². The zero-order valence-corrected chi connectivity index (χ0v) is 20.4. The van der Waals surface area contributed by atoms with Crippen LogP contribution in [0.5, 0.6) is 0 Å². The Labute approximate surface area is 212 Å². The highest BCUT2D eigenvalue weighted by Crippen LogP contribution is 2.42. The molecular weight excluding hydrogens is 541 g/mol. The fourth-order valence-corrected chi connectivity index (χ4v) is 5.08. The molecule has 0 atom stereocenters. The molecule has 11 heteroatoms. The number of halogens is 4. The van der Waals surface area contributed by atoms with Gasteiger partial charge >= 0.3 is 6.18 Å². The molecule has 3 amide bonds. The van der Waals surface area contributed by atoms with Crippen LogP contribution in [0.3, 0.4) is 0 Å². The first-order chi connectivity index (χ1) is 17.2. The van der Waals surface area contributed by atoms with Crippen molar-refractivity contribution in [2.75, 3.05) is 36.4 Å². The SMILES string of the molecule is O=C1NC(=O)C(c2c[nH]c3ccccc23)=C1c1cc(N2CCN(C(=O)CBr)CC2)ccc1C(F)(F)F. The number of hydrogen-bond donors (Lipinski definition) is 2. The number of aromatic amines is 1. The largest absolute Gasteiger partial charge is 0.417 e. The quantitative estimate of drug-likeness (QED) is 0.375. The number of hydrogen-bond acceptors (Lipinski definition) is 4. The number of benzene rings is 2. The lowest BCUT2D eigenvalue weighted by atomic mass is 9.92. The number of nitrogens with zero attached hydrogens (tertiary/aromatic N) is 2. The fourth-order valence-electron chi connectivity index (χ4n) is 4.73. The lowest BCUT2D eigenvalue weighted by molar-refractivity contribution is -0.137. The Balaban J connectivity index is 1.64. The summed E-state index contributed by atoms with van der Waals surface area (Å²) in [5, 5.41) is 2.99. The molecule has 0 unspecified atom stereocenters. The Morgan fingerprint density at radius 2 is 1.61 bits per heavy atom. The van der Waals surface area contributed by atoms with Crippen LogP contribution in [0.4, 0.5) is 18.9 Å². The number of carbonyl (C=O) groups excluding carboxylic acids is 3. The molecule has 186 valence electrons. The summed E-state index contributed by atoms with van der Waals surface area (Å²) < 4.78 is 42.3. The van der Waals surface area contributed by atoms with Crippen molar-refractivity contribution < 1.29 is 27.6 Å². The van der Waals surface area contributed by atoms with Crippen LogP contribution in [0.1, 0.15) is 16.7 Å². The van der Waals surface area contributed by atoms with Crippen molar-refractivity contribution in [3.63, 3.8) is 0 Å². The number of anilines is 1. The monoisotopic (exact) mass is 560 g/mol. The lowest BCUT2D eigenvalue weighted by Gasteiger charge is -2.36. The van der Waals surface area contributed by atoms with Crippen molar-refractivity contribution >= 4 is 61.4 Å². The van der Waals surface area contributed by atoms with E-state index < -0.39 is 23.6 Å². The molecule has 0 bridgehead atoms. The van der Waals surface area contributed by atoms with Crippen LogP contribution in [0, 0.1) is 0 Å². The van der Waals surface area contributed by atoms with E-state index in [1.807, 2.05) is 4.90 Å². The number of para-hydroxylation sites is 1. The van der Waals surface area contributed by atoms with Crippen molar-refractivity contribution in [3.05, 3.63) is 65.4 Å². The van der Waals surface area contributed by atoms with Crippen molar-refractivity contribution in [3.8, 4) is 0 Å². The molecule has 0 saturated carbocycles. The van der Waals surface area contributed by atoms with E-state index in [9.17, 15) is 27.6 Å². The molecule has 1 saturated heterocycles. The third-order valence-electron chi connectivity index (χ3n) is 6.48. The van der Waals surface area contributed by atoms with Crippen LogP contribution in [-0.2, 0) is 20.6 Å². The molecule has 0 spiro atoms. The van der Waals surface area contributed by atoms with Crippen molar-refractivity contribution in [2.24, 2.45) is 0 Å². The van der Waals surface area contributed by atoms with Crippen LogP contribution < -0.4 is 10.2 Å². The predicted octanol–water partition coefficient (Wildman–Crippen LogP) is 3.80. The highest BCUT2D eigenvalue weighted by molar-refractivity contribution is 9.09. The van der Waals surface area contributed by atoms with Gasteiger partial charge in [-0.05, 0) is 24.3 Å². The molecule has 1 fully saturated rings. The van der Waals surface area contributed by atoms with Gasteiger partial charge in [-0.1, -0.05) is 34.1 Å². The summed E-state index contributed by atoms with van der Waals surface area (Å²) in [6.07, 6.45) is -3.23. The second kappa shape index (κ2) is 9.12. The smallest absolute Gasteiger partial charge is 0.368 e. The standard InChI is InChI=1S/C25H20BrF3N4O3/c26-12-20(34)33-9-7-32(8-10-33)14-5-6-18(25(27,28)29)16(11-14)21-22(24(36)31-23(21)35)17-13-30-19-4-2-1-3-15(17)19/h1-6,11,13,30H,7-10,12H2,(H,31,35,36). The molecule has 2 aliphatic heterocycles. The average Bonchev–Trinajstić information content (AvgIpc) is 3.42. The van der Waals surface area contributed by atoms with Gasteiger partial charge in [0.1, 0.15) is 0 Å². The first kappa shape index (κ1) is 24.1. The van der Waals surface area contributed by atoms with Crippen molar-refractivity contribution in [2.45, 2.75) is 6.18 Å². The first-order valence-electron chi connectivity index (χ1n) is 11.2. The molecule has 5 rings (SSSR count). The van der Waals surface area contributed by atoms with Gasteiger partial charge in [-0.2, -0.15) is 13.2 Å². The van der Waals surface area contributed by atoms with Crippen molar-refractivity contribution in [1.29, 1.82) is 0 Å². The number of nitrogens with one attached hydrogen (secondary N) is 2. The predicted molar refractivity (Wildman–Crippen MR) is 132 cm³/mol. The normalized spacial score (nSPS) is 16.8. The molecule has 0 radical (unpaired) electrons. The second-order valence-corrected chi connectivity index (χ2v) is 9.07. The van der Waals surface area contributed by atoms with E-state index in [0.29, 0.717) is 48.3 Å². The number of piperazine rings is 1. The summed E-state index contributed by atoms with van der Waals surface area (Å²) in [6.45, 7) is 1.68. The zero-order chi connectivity index (χ0) is 25.6. The van der Waals surface area contributed by atoms with E-state index in [0.717, 1.165) is 6.07 Å². The molecule has 0 aliphatic carbocycles. The Morgan fingerprint density at radius 3 is 2.28 bits per heavy atom. The summed E-state index contributed by atoms with van der Waals surface area (Å²) in [6, 6.07) is 10.6. The average molecular weight is 561 g/mol. The van der Waals surface area contributed by atoms with Crippen LogP contribution in [0.2, 0.25) is 0 Å². The maximum atomic E-state index is 14.1. The van der Waals surface area contributed by atoms with Gasteiger partial charge in [0.15, 0.2) is 0 Å². The Kier molecular flexibility index (Phi) is 6.11. The molecular formula is C25H20BrF3N4O3. The summed E-state index contributed by atoms with van der Waals surface area (Å²) >= 11 is 3.15. The van der Waals surface area contributed by atoms with E-state index in [1.165, 1.54) is 18.3 Å². The molecule has 36 heavy (non-hydrogen) atoms.